The van der Waals surface area contributed by atoms with Crippen molar-refractivity contribution in [1.82, 2.24) is 0 Å². The first-order valence-electron chi connectivity index (χ1n) is 6.47. The Hall–Kier alpha value is -2.41. The third-order valence-corrected chi connectivity index (χ3v) is 3.86. The fourth-order valence-corrected chi connectivity index (χ4v) is 2.89. The van der Waals surface area contributed by atoms with Gasteiger partial charge in [0, 0.05) is 11.1 Å². The van der Waals surface area contributed by atoms with E-state index in [0.29, 0.717) is 0 Å². The number of hydrogen-bond acceptors (Lipinski definition) is 1. The SMILES string of the molecule is O=C1c2ccccc2Cc2cc3ccccc3cc21. The fourth-order valence-electron chi connectivity index (χ4n) is 2.89. The molecule has 0 fully saturated rings. The summed E-state index contributed by atoms with van der Waals surface area (Å²) in [5.41, 5.74) is 3.99. The predicted molar refractivity (Wildman–Crippen MR) is 76.6 cm³/mol. The van der Waals surface area contributed by atoms with Crippen LogP contribution in [-0.2, 0) is 6.42 Å². The first-order chi connectivity index (χ1) is 9.33. The van der Waals surface area contributed by atoms with Gasteiger partial charge in [0.15, 0.2) is 5.78 Å². The van der Waals surface area contributed by atoms with Crippen molar-refractivity contribution in [1.29, 1.82) is 0 Å². The number of carbonyl (C=O) groups excluding carboxylic acids is 1. The maximum absolute atomic E-state index is 12.6. The Balaban J connectivity index is 2.00. The molecule has 0 spiro atoms. The van der Waals surface area contributed by atoms with E-state index in [2.05, 4.69) is 18.2 Å². The van der Waals surface area contributed by atoms with Crippen LogP contribution in [0.5, 0.6) is 0 Å². The molecule has 0 heterocycles. The number of carbonyl (C=O) groups is 1. The topological polar surface area (TPSA) is 17.1 Å². The summed E-state index contributed by atoms with van der Waals surface area (Å²) in [4.78, 5) is 12.6. The molecule has 0 saturated heterocycles. The fraction of sp³-hybridized carbons (Fsp3) is 0.0556. The van der Waals surface area contributed by atoms with Crippen molar-refractivity contribution >= 4 is 16.6 Å². The highest BCUT2D eigenvalue weighted by molar-refractivity contribution is 6.14. The van der Waals surface area contributed by atoms with E-state index in [1.807, 2.05) is 42.5 Å². The summed E-state index contributed by atoms with van der Waals surface area (Å²) >= 11 is 0. The second-order valence-electron chi connectivity index (χ2n) is 5.02. The lowest BCUT2D eigenvalue weighted by molar-refractivity contribution is 0.103. The lowest BCUT2D eigenvalue weighted by Crippen LogP contribution is -2.14. The summed E-state index contributed by atoms with van der Waals surface area (Å²) in [6.07, 6.45) is 0.849. The van der Waals surface area contributed by atoms with Crippen molar-refractivity contribution in [3.8, 4) is 0 Å². The molecule has 0 bridgehead atoms. The smallest absolute Gasteiger partial charge is 0.193 e. The highest BCUT2D eigenvalue weighted by Crippen LogP contribution is 2.30. The maximum Gasteiger partial charge on any atom is 0.193 e. The number of ketones is 1. The minimum Gasteiger partial charge on any atom is -0.289 e. The minimum atomic E-state index is 0.155. The van der Waals surface area contributed by atoms with E-state index >= 15 is 0 Å². The second-order valence-corrected chi connectivity index (χ2v) is 5.02. The summed E-state index contributed by atoms with van der Waals surface area (Å²) < 4.78 is 0. The highest BCUT2D eigenvalue weighted by atomic mass is 16.1. The Morgan fingerprint density at radius 1 is 0.684 bits per heavy atom. The molecule has 0 saturated carbocycles. The van der Waals surface area contributed by atoms with Gasteiger partial charge in [-0.25, -0.2) is 0 Å². The van der Waals surface area contributed by atoms with Crippen molar-refractivity contribution in [2.45, 2.75) is 6.42 Å². The van der Waals surface area contributed by atoms with Gasteiger partial charge in [0.05, 0.1) is 0 Å². The molecule has 1 nitrogen and oxygen atoms in total. The van der Waals surface area contributed by atoms with Crippen LogP contribution in [0.1, 0.15) is 27.0 Å². The summed E-state index contributed by atoms with van der Waals surface area (Å²) in [5, 5.41) is 2.34. The van der Waals surface area contributed by atoms with E-state index < -0.39 is 0 Å². The van der Waals surface area contributed by atoms with Gasteiger partial charge in [-0.1, -0.05) is 54.6 Å². The quantitative estimate of drug-likeness (QED) is 0.457. The molecule has 0 unspecified atom stereocenters. The Labute approximate surface area is 111 Å². The van der Waals surface area contributed by atoms with E-state index in [1.165, 1.54) is 5.39 Å². The van der Waals surface area contributed by atoms with Crippen molar-refractivity contribution in [2.24, 2.45) is 0 Å². The first kappa shape index (κ1) is 10.5. The molecule has 4 rings (SSSR count). The predicted octanol–water partition coefficient (Wildman–Crippen LogP) is 3.98. The highest BCUT2D eigenvalue weighted by Gasteiger charge is 2.22. The molecule has 19 heavy (non-hydrogen) atoms. The standard InChI is InChI=1S/C18H12O/c19-18-16-8-4-3-7-14(16)10-15-9-12-5-1-2-6-13(12)11-17(15)18/h1-9,11H,10H2. The molecule has 1 heteroatoms. The first-order valence-corrected chi connectivity index (χ1v) is 6.47. The molecule has 1 aliphatic rings. The van der Waals surface area contributed by atoms with Crippen molar-refractivity contribution < 1.29 is 4.79 Å². The molecule has 0 aromatic heterocycles. The van der Waals surface area contributed by atoms with E-state index in [4.69, 9.17) is 0 Å². The largest absolute Gasteiger partial charge is 0.289 e. The normalized spacial score (nSPS) is 13.2. The summed E-state index contributed by atoms with van der Waals surface area (Å²) in [7, 11) is 0. The molecule has 90 valence electrons. The van der Waals surface area contributed by atoms with Gasteiger partial charge in [0.1, 0.15) is 0 Å². The average molecular weight is 244 g/mol. The molecule has 3 aromatic carbocycles. The molecule has 0 atom stereocenters. The lowest BCUT2D eigenvalue weighted by atomic mass is 9.84. The molecular formula is C18H12O. The van der Waals surface area contributed by atoms with Crippen LogP contribution in [0.2, 0.25) is 0 Å². The van der Waals surface area contributed by atoms with Crippen LogP contribution in [-0.4, -0.2) is 5.78 Å². The molecule has 0 N–H and O–H groups in total. The van der Waals surface area contributed by atoms with Gasteiger partial charge in [-0.05, 0) is 34.4 Å². The van der Waals surface area contributed by atoms with Gasteiger partial charge in [-0.3, -0.25) is 4.79 Å². The van der Waals surface area contributed by atoms with Gasteiger partial charge in [0.2, 0.25) is 0 Å². The maximum atomic E-state index is 12.6. The summed E-state index contributed by atoms with van der Waals surface area (Å²) in [6, 6.07) is 20.3. The third kappa shape index (κ3) is 1.52. The zero-order valence-electron chi connectivity index (χ0n) is 10.4. The van der Waals surface area contributed by atoms with Crippen molar-refractivity contribution in [3.63, 3.8) is 0 Å². The molecular weight excluding hydrogens is 232 g/mol. The third-order valence-electron chi connectivity index (χ3n) is 3.86. The van der Waals surface area contributed by atoms with Crippen LogP contribution < -0.4 is 0 Å². The Kier molecular flexibility index (Phi) is 2.10. The van der Waals surface area contributed by atoms with E-state index in [9.17, 15) is 4.79 Å². The van der Waals surface area contributed by atoms with Gasteiger partial charge in [0.25, 0.3) is 0 Å². The van der Waals surface area contributed by atoms with Crippen LogP contribution in [0.3, 0.4) is 0 Å². The van der Waals surface area contributed by atoms with E-state index in [-0.39, 0.29) is 5.78 Å². The van der Waals surface area contributed by atoms with Crippen LogP contribution in [0.25, 0.3) is 10.8 Å². The van der Waals surface area contributed by atoms with Crippen molar-refractivity contribution in [2.75, 3.05) is 0 Å². The van der Waals surface area contributed by atoms with Gasteiger partial charge < -0.3 is 0 Å². The van der Waals surface area contributed by atoms with Crippen LogP contribution in [0.4, 0.5) is 0 Å². The number of fused-ring (bicyclic) bond motifs is 3. The van der Waals surface area contributed by atoms with Crippen LogP contribution in [0, 0.1) is 0 Å². The van der Waals surface area contributed by atoms with Gasteiger partial charge >= 0.3 is 0 Å². The van der Waals surface area contributed by atoms with E-state index in [0.717, 1.165) is 34.1 Å². The second kappa shape index (κ2) is 3.79. The Morgan fingerprint density at radius 3 is 2.21 bits per heavy atom. The number of benzene rings is 3. The molecule has 1 aliphatic carbocycles. The average Bonchev–Trinajstić information content (AvgIpc) is 2.46. The summed E-state index contributed by atoms with van der Waals surface area (Å²) in [5.74, 6) is 0.155. The Morgan fingerprint density at radius 2 is 1.37 bits per heavy atom. The van der Waals surface area contributed by atoms with Crippen molar-refractivity contribution in [3.05, 3.63) is 82.9 Å². The zero-order valence-corrected chi connectivity index (χ0v) is 10.4. The molecule has 0 radical (unpaired) electrons. The van der Waals surface area contributed by atoms with Gasteiger partial charge in [-0.15, -0.1) is 0 Å². The zero-order chi connectivity index (χ0) is 12.8. The summed E-state index contributed by atoms with van der Waals surface area (Å²) in [6.45, 7) is 0. The van der Waals surface area contributed by atoms with E-state index in [1.54, 1.807) is 0 Å². The van der Waals surface area contributed by atoms with Gasteiger partial charge in [-0.2, -0.15) is 0 Å². The lowest BCUT2D eigenvalue weighted by Gasteiger charge is -2.19. The number of rotatable bonds is 0. The molecule has 3 aromatic rings. The van der Waals surface area contributed by atoms with Crippen LogP contribution in [0.15, 0.2) is 60.7 Å². The Bertz CT molecular complexity index is 815. The number of hydrogen-bond donors (Lipinski definition) is 0. The minimum absolute atomic E-state index is 0.155. The monoisotopic (exact) mass is 244 g/mol. The molecule has 0 aliphatic heterocycles. The molecule has 0 amide bonds. The van der Waals surface area contributed by atoms with Crippen LogP contribution >= 0.6 is 0 Å².